The fraction of sp³-hybridized carbons (Fsp3) is 0.115. The molecule has 1 amide bonds. The maximum atomic E-state index is 13.6. The van der Waals surface area contributed by atoms with E-state index in [4.69, 9.17) is 9.72 Å². The van der Waals surface area contributed by atoms with Crippen molar-refractivity contribution in [3.8, 4) is 11.4 Å². The molecule has 5 aromatic rings. The van der Waals surface area contributed by atoms with Crippen LogP contribution in [0.4, 0.5) is 10.1 Å². The first-order valence-electron chi connectivity index (χ1n) is 11.0. The molecule has 0 fully saturated rings. The summed E-state index contributed by atoms with van der Waals surface area (Å²) in [4.78, 5) is 34.1. The topological polar surface area (TPSA) is 89.0 Å². The Balaban J connectivity index is 1.54. The highest BCUT2D eigenvalue weighted by Crippen LogP contribution is 2.27. The number of H-pyrrole nitrogens is 1. The van der Waals surface area contributed by atoms with Crippen molar-refractivity contribution < 1.29 is 13.9 Å². The van der Waals surface area contributed by atoms with Crippen molar-refractivity contribution in [3.05, 3.63) is 89.0 Å². The summed E-state index contributed by atoms with van der Waals surface area (Å²) in [7, 11) is 0. The van der Waals surface area contributed by atoms with Gasteiger partial charge >= 0.3 is 0 Å². The zero-order valence-corrected chi connectivity index (χ0v) is 19.6. The molecule has 0 aliphatic carbocycles. The molecule has 2 heterocycles. The van der Waals surface area contributed by atoms with Crippen molar-refractivity contribution in [1.82, 2.24) is 14.5 Å². The van der Waals surface area contributed by atoms with E-state index in [0.29, 0.717) is 39.9 Å². The van der Waals surface area contributed by atoms with E-state index < -0.39 is 5.82 Å². The van der Waals surface area contributed by atoms with Crippen molar-refractivity contribution in [1.29, 1.82) is 0 Å². The maximum absolute atomic E-state index is 13.6. The van der Waals surface area contributed by atoms with Gasteiger partial charge in [0.2, 0.25) is 5.91 Å². The molecule has 2 N–H and O–H groups in total. The molecule has 2 aromatic heterocycles. The number of aromatic amines is 1. The van der Waals surface area contributed by atoms with E-state index in [1.54, 1.807) is 30.3 Å². The lowest BCUT2D eigenvalue weighted by molar-refractivity contribution is -0.113. The summed E-state index contributed by atoms with van der Waals surface area (Å²) < 4.78 is 20.5. The molecular weight excluding hydrogens is 467 g/mol. The van der Waals surface area contributed by atoms with Crippen LogP contribution in [0.5, 0.6) is 5.75 Å². The molecule has 0 bridgehead atoms. The number of benzene rings is 3. The standard InChI is InChI=1S/C26H21FN4O3S/c1-2-34-19-12-10-18(11-13-19)31-25(33)24-23(20-8-3-4-9-21(20)29-24)30-26(31)35-15-22(32)28-17-7-5-6-16(27)14-17/h3-14,29H,2,15H2,1H3,(H,28,32). The summed E-state index contributed by atoms with van der Waals surface area (Å²) in [6.45, 7) is 2.43. The van der Waals surface area contributed by atoms with E-state index >= 15 is 0 Å². The van der Waals surface area contributed by atoms with Gasteiger partial charge < -0.3 is 15.0 Å². The number of amides is 1. The molecule has 0 spiro atoms. The van der Waals surface area contributed by atoms with Gasteiger partial charge in [-0.3, -0.25) is 14.2 Å². The molecule has 7 nitrogen and oxygen atoms in total. The second kappa shape index (κ2) is 9.63. The summed E-state index contributed by atoms with van der Waals surface area (Å²) >= 11 is 1.13. The Morgan fingerprint density at radius 2 is 1.91 bits per heavy atom. The van der Waals surface area contributed by atoms with E-state index in [9.17, 15) is 14.0 Å². The van der Waals surface area contributed by atoms with Crippen LogP contribution >= 0.6 is 11.8 Å². The number of rotatable bonds is 7. The SMILES string of the molecule is CCOc1ccc(-n2c(SCC(=O)Nc3cccc(F)c3)nc3c([nH]c4ccccc43)c2=O)cc1. The van der Waals surface area contributed by atoms with Crippen LogP contribution in [0.15, 0.2) is 82.7 Å². The van der Waals surface area contributed by atoms with Crippen LogP contribution in [-0.4, -0.2) is 32.8 Å². The Hall–Kier alpha value is -4.11. The van der Waals surface area contributed by atoms with Gasteiger partial charge in [0.05, 0.1) is 18.0 Å². The Kier molecular flexibility index (Phi) is 6.24. The fourth-order valence-corrected chi connectivity index (χ4v) is 4.62. The molecule has 0 unspecified atom stereocenters. The molecule has 0 aliphatic heterocycles. The number of fused-ring (bicyclic) bond motifs is 3. The maximum Gasteiger partial charge on any atom is 0.283 e. The Bertz CT molecular complexity index is 1590. The number of halogens is 1. The molecule has 35 heavy (non-hydrogen) atoms. The van der Waals surface area contributed by atoms with Gasteiger partial charge in [-0.15, -0.1) is 0 Å². The zero-order valence-electron chi connectivity index (χ0n) is 18.7. The molecule has 176 valence electrons. The normalized spacial score (nSPS) is 11.1. The smallest absolute Gasteiger partial charge is 0.283 e. The van der Waals surface area contributed by atoms with Crippen molar-refractivity contribution >= 4 is 45.3 Å². The molecule has 0 atom stereocenters. The van der Waals surface area contributed by atoms with Gasteiger partial charge in [-0.25, -0.2) is 9.37 Å². The number of hydrogen-bond donors (Lipinski definition) is 2. The summed E-state index contributed by atoms with van der Waals surface area (Å²) in [5.41, 5.74) is 2.41. The minimum atomic E-state index is -0.439. The highest BCUT2D eigenvalue weighted by Gasteiger charge is 2.18. The second-order valence-electron chi connectivity index (χ2n) is 7.70. The number of aromatic nitrogens is 3. The third-order valence-corrected chi connectivity index (χ3v) is 6.28. The third kappa shape index (κ3) is 4.63. The number of nitrogens with zero attached hydrogens (tertiary/aromatic N) is 2. The molecule has 0 saturated heterocycles. The molecule has 3 aromatic carbocycles. The fourth-order valence-electron chi connectivity index (χ4n) is 3.82. The van der Waals surface area contributed by atoms with Crippen molar-refractivity contribution in [2.24, 2.45) is 0 Å². The Morgan fingerprint density at radius 1 is 1.11 bits per heavy atom. The molecule has 5 rings (SSSR count). The first kappa shape index (κ1) is 22.7. The number of ether oxygens (including phenoxy) is 1. The van der Waals surface area contributed by atoms with Crippen LogP contribution < -0.4 is 15.6 Å². The highest BCUT2D eigenvalue weighted by molar-refractivity contribution is 7.99. The van der Waals surface area contributed by atoms with Crippen LogP contribution in [0.2, 0.25) is 0 Å². The molecule has 9 heteroatoms. The molecule has 0 radical (unpaired) electrons. The van der Waals surface area contributed by atoms with Crippen LogP contribution in [0, 0.1) is 5.82 Å². The summed E-state index contributed by atoms with van der Waals surface area (Å²) in [6.07, 6.45) is 0. The van der Waals surface area contributed by atoms with Gasteiger partial charge in [0.25, 0.3) is 5.56 Å². The quantitative estimate of drug-likeness (QED) is 0.245. The molecular formula is C26H21FN4O3S. The van der Waals surface area contributed by atoms with Crippen LogP contribution in [0.25, 0.3) is 27.6 Å². The lowest BCUT2D eigenvalue weighted by Gasteiger charge is -2.13. The summed E-state index contributed by atoms with van der Waals surface area (Å²) in [5, 5.41) is 3.86. The molecule has 0 aliphatic rings. The van der Waals surface area contributed by atoms with Gasteiger partial charge in [-0.1, -0.05) is 36.0 Å². The van der Waals surface area contributed by atoms with Gasteiger partial charge in [0.1, 0.15) is 22.6 Å². The van der Waals surface area contributed by atoms with Crippen molar-refractivity contribution in [3.63, 3.8) is 0 Å². The Morgan fingerprint density at radius 3 is 2.69 bits per heavy atom. The third-order valence-electron chi connectivity index (χ3n) is 5.34. The number of carbonyl (C=O) groups is 1. The largest absolute Gasteiger partial charge is 0.494 e. The van der Waals surface area contributed by atoms with Gasteiger partial charge in [-0.2, -0.15) is 0 Å². The van der Waals surface area contributed by atoms with Crippen LogP contribution in [0.3, 0.4) is 0 Å². The van der Waals surface area contributed by atoms with Crippen LogP contribution in [0.1, 0.15) is 6.92 Å². The minimum absolute atomic E-state index is 0.0200. The number of nitrogens with one attached hydrogen (secondary N) is 2. The predicted molar refractivity (Wildman–Crippen MR) is 136 cm³/mol. The lowest BCUT2D eigenvalue weighted by atomic mass is 10.2. The second-order valence-corrected chi connectivity index (χ2v) is 8.65. The summed E-state index contributed by atoms with van der Waals surface area (Å²) in [5.74, 6) is -0.112. The van der Waals surface area contributed by atoms with E-state index in [-0.39, 0.29) is 17.2 Å². The number of anilines is 1. The average molecular weight is 489 g/mol. The van der Waals surface area contributed by atoms with Crippen molar-refractivity contribution in [2.75, 3.05) is 17.7 Å². The minimum Gasteiger partial charge on any atom is -0.494 e. The highest BCUT2D eigenvalue weighted by atomic mass is 32.2. The number of hydrogen-bond acceptors (Lipinski definition) is 5. The van der Waals surface area contributed by atoms with E-state index in [2.05, 4.69) is 10.3 Å². The van der Waals surface area contributed by atoms with Gasteiger partial charge in [-0.05, 0) is 55.5 Å². The first-order valence-corrected chi connectivity index (χ1v) is 12.0. The lowest BCUT2D eigenvalue weighted by Crippen LogP contribution is -2.23. The van der Waals surface area contributed by atoms with Gasteiger partial charge in [0.15, 0.2) is 5.16 Å². The van der Waals surface area contributed by atoms with E-state index in [1.807, 2.05) is 31.2 Å². The van der Waals surface area contributed by atoms with E-state index in [1.165, 1.54) is 22.8 Å². The predicted octanol–water partition coefficient (Wildman–Crippen LogP) is 5.14. The molecule has 0 saturated carbocycles. The van der Waals surface area contributed by atoms with Crippen molar-refractivity contribution in [2.45, 2.75) is 12.1 Å². The Labute approximate surface area is 204 Å². The van der Waals surface area contributed by atoms with E-state index in [0.717, 1.165) is 22.7 Å². The number of thioether (sulfide) groups is 1. The zero-order chi connectivity index (χ0) is 24.4. The van der Waals surface area contributed by atoms with Crippen LogP contribution in [-0.2, 0) is 4.79 Å². The van der Waals surface area contributed by atoms with Gasteiger partial charge in [0, 0.05) is 16.6 Å². The average Bonchev–Trinajstić information content (AvgIpc) is 3.23. The summed E-state index contributed by atoms with van der Waals surface area (Å²) in [6, 6.07) is 20.4. The number of para-hydroxylation sites is 1. The first-order chi connectivity index (χ1) is 17.0. The number of carbonyl (C=O) groups excluding carboxylic acids is 1. The monoisotopic (exact) mass is 488 g/mol.